The zero-order valence-corrected chi connectivity index (χ0v) is 15.3. The molecule has 29 heavy (non-hydrogen) atoms. The number of aryl methyl sites for hydroxylation is 1. The van der Waals surface area contributed by atoms with Gasteiger partial charge in [-0.05, 0) is 17.7 Å². The number of fused-ring (bicyclic) bond motifs is 1. The van der Waals surface area contributed by atoms with Gasteiger partial charge in [0.05, 0.1) is 17.4 Å². The van der Waals surface area contributed by atoms with Crippen molar-refractivity contribution < 1.29 is 18.7 Å². The van der Waals surface area contributed by atoms with Crippen molar-refractivity contribution in [2.75, 3.05) is 0 Å². The molecule has 148 valence electrons. The molecule has 2 N–H and O–H groups in total. The number of nitrogens with one attached hydrogen (secondary N) is 1. The van der Waals surface area contributed by atoms with Gasteiger partial charge in [-0.25, -0.2) is 23.1 Å². The monoisotopic (exact) mass is 398 g/mol. The summed E-state index contributed by atoms with van der Waals surface area (Å²) in [4.78, 5) is 15.0. The van der Waals surface area contributed by atoms with Gasteiger partial charge in [-0.1, -0.05) is 12.1 Å². The molecule has 0 radical (unpaired) electrons. The molecule has 4 aromatic rings. The highest BCUT2D eigenvalue weighted by molar-refractivity contribution is 5.81. The molecule has 0 bridgehead atoms. The Kier molecular flexibility index (Phi) is 4.67. The predicted molar refractivity (Wildman–Crippen MR) is 100 cm³/mol. The maximum atomic E-state index is 13.6. The molecule has 0 atom stereocenters. The largest absolute Gasteiger partial charge is 0.465 e. The lowest BCUT2D eigenvalue weighted by molar-refractivity contribution is 0.149. The minimum atomic E-state index is -2.75. The zero-order valence-electron chi connectivity index (χ0n) is 15.3. The van der Waals surface area contributed by atoms with Gasteiger partial charge in [-0.2, -0.15) is 10.2 Å². The van der Waals surface area contributed by atoms with E-state index in [4.69, 9.17) is 5.11 Å². The van der Waals surface area contributed by atoms with Gasteiger partial charge in [0, 0.05) is 48.2 Å². The SMILES string of the molecule is Cn1cc(-c2cc3c(-c4ccc(CNC(=O)O)c(C(F)F)c4)ncnn3c2)cn1. The van der Waals surface area contributed by atoms with E-state index < -0.39 is 12.5 Å². The minimum absolute atomic E-state index is 0.204. The van der Waals surface area contributed by atoms with E-state index >= 15 is 0 Å². The Hall–Kier alpha value is -3.82. The lowest BCUT2D eigenvalue weighted by Gasteiger charge is -2.11. The van der Waals surface area contributed by atoms with Crippen molar-refractivity contribution in [1.29, 1.82) is 0 Å². The number of carboxylic acid groups (broad SMARTS) is 1. The molecule has 0 spiro atoms. The second-order valence-electron chi connectivity index (χ2n) is 6.44. The Balaban J connectivity index is 1.78. The van der Waals surface area contributed by atoms with E-state index in [1.165, 1.54) is 18.5 Å². The first-order valence-corrected chi connectivity index (χ1v) is 8.63. The van der Waals surface area contributed by atoms with Crippen molar-refractivity contribution in [3.8, 4) is 22.4 Å². The van der Waals surface area contributed by atoms with Crippen LogP contribution in [0.1, 0.15) is 17.6 Å². The van der Waals surface area contributed by atoms with Crippen molar-refractivity contribution in [3.63, 3.8) is 0 Å². The zero-order chi connectivity index (χ0) is 20.5. The van der Waals surface area contributed by atoms with Gasteiger partial charge in [-0.15, -0.1) is 0 Å². The summed E-state index contributed by atoms with van der Waals surface area (Å²) in [6, 6.07) is 6.33. The number of rotatable bonds is 5. The number of nitrogens with zero attached hydrogens (tertiary/aromatic N) is 5. The quantitative estimate of drug-likeness (QED) is 0.536. The van der Waals surface area contributed by atoms with Crippen molar-refractivity contribution in [2.24, 2.45) is 7.05 Å². The lowest BCUT2D eigenvalue weighted by Crippen LogP contribution is -2.20. The number of aromatic nitrogens is 5. The van der Waals surface area contributed by atoms with E-state index in [1.54, 1.807) is 21.5 Å². The molecule has 10 heteroatoms. The van der Waals surface area contributed by atoms with Crippen LogP contribution in [0.15, 0.2) is 49.2 Å². The Labute approximate surface area is 163 Å². The van der Waals surface area contributed by atoms with Crippen LogP contribution in [0.2, 0.25) is 0 Å². The molecule has 0 unspecified atom stereocenters. The van der Waals surface area contributed by atoms with E-state index in [1.807, 2.05) is 25.5 Å². The third-order valence-electron chi connectivity index (χ3n) is 4.53. The molecule has 1 aromatic carbocycles. The Morgan fingerprint density at radius 3 is 2.69 bits per heavy atom. The van der Waals surface area contributed by atoms with Crippen LogP contribution in [-0.4, -0.2) is 35.6 Å². The standard InChI is InChI=1S/C19H16F2N6O2/c1-26-8-14(7-24-26)13-5-16-17(23-10-25-27(16)9-13)11-2-3-12(6-22-19(28)29)15(4-11)18(20)21/h2-5,7-10,18,22H,6H2,1H3,(H,28,29). The van der Waals surface area contributed by atoms with Crippen LogP contribution in [0.25, 0.3) is 27.9 Å². The van der Waals surface area contributed by atoms with E-state index in [9.17, 15) is 13.6 Å². The Morgan fingerprint density at radius 1 is 1.17 bits per heavy atom. The van der Waals surface area contributed by atoms with Crippen molar-refractivity contribution in [1.82, 2.24) is 29.7 Å². The van der Waals surface area contributed by atoms with E-state index in [0.29, 0.717) is 16.8 Å². The average molecular weight is 398 g/mol. The highest BCUT2D eigenvalue weighted by atomic mass is 19.3. The van der Waals surface area contributed by atoms with Crippen LogP contribution in [0, 0.1) is 0 Å². The van der Waals surface area contributed by atoms with Crippen LogP contribution < -0.4 is 5.32 Å². The fraction of sp³-hybridized carbons (Fsp3) is 0.158. The van der Waals surface area contributed by atoms with Crippen LogP contribution in [0.5, 0.6) is 0 Å². The summed E-state index contributed by atoms with van der Waals surface area (Å²) in [6.45, 7) is -0.204. The van der Waals surface area contributed by atoms with Gasteiger partial charge in [-0.3, -0.25) is 4.68 Å². The molecule has 0 fully saturated rings. The molecule has 0 aliphatic rings. The second kappa shape index (κ2) is 7.30. The molecule has 3 aromatic heterocycles. The fourth-order valence-electron chi connectivity index (χ4n) is 3.16. The van der Waals surface area contributed by atoms with Crippen LogP contribution in [0.3, 0.4) is 0 Å². The first-order valence-electron chi connectivity index (χ1n) is 8.63. The number of amides is 1. The van der Waals surface area contributed by atoms with Gasteiger partial charge in [0.2, 0.25) is 0 Å². The third kappa shape index (κ3) is 3.64. The number of hydrogen-bond acceptors (Lipinski definition) is 4. The molecule has 3 heterocycles. The van der Waals surface area contributed by atoms with E-state index in [-0.39, 0.29) is 17.7 Å². The van der Waals surface area contributed by atoms with Crippen molar-refractivity contribution >= 4 is 11.6 Å². The molecule has 0 saturated heterocycles. The first-order chi connectivity index (χ1) is 13.9. The van der Waals surface area contributed by atoms with Gasteiger partial charge < -0.3 is 10.4 Å². The first kappa shape index (κ1) is 18.5. The van der Waals surface area contributed by atoms with Gasteiger partial charge in [0.15, 0.2) is 0 Å². The van der Waals surface area contributed by atoms with Crippen molar-refractivity contribution in [2.45, 2.75) is 13.0 Å². The molecular formula is C19H16F2N6O2. The Morgan fingerprint density at radius 2 is 2.00 bits per heavy atom. The maximum absolute atomic E-state index is 13.6. The van der Waals surface area contributed by atoms with Gasteiger partial charge >= 0.3 is 6.09 Å². The number of halogens is 2. The molecular weight excluding hydrogens is 382 g/mol. The summed E-state index contributed by atoms with van der Waals surface area (Å²) in [7, 11) is 1.82. The third-order valence-corrected chi connectivity index (χ3v) is 4.53. The molecule has 0 aliphatic carbocycles. The summed E-state index contributed by atoms with van der Waals surface area (Å²) in [5.74, 6) is 0. The topological polar surface area (TPSA) is 97.3 Å². The predicted octanol–water partition coefficient (Wildman–Crippen LogP) is 3.50. The lowest BCUT2D eigenvalue weighted by atomic mass is 10.0. The Bertz CT molecular complexity index is 1200. The second-order valence-corrected chi connectivity index (χ2v) is 6.44. The molecule has 8 nitrogen and oxygen atoms in total. The van der Waals surface area contributed by atoms with Gasteiger partial charge in [0.25, 0.3) is 6.43 Å². The number of benzene rings is 1. The highest BCUT2D eigenvalue weighted by Gasteiger charge is 2.17. The van der Waals surface area contributed by atoms with Crippen LogP contribution in [0.4, 0.5) is 13.6 Å². The highest BCUT2D eigenvalue weighted by Crippen LogP contribution is 2.31. The van der Waals surface area contributed by atoms with Crippen LogP contribution >= 0.6 is 0 Å². The number of carbonyl (C=O) groups is 1. The summed E-state index contributed by atoms with van der Waals surface area (Å²) in [6.07, 6.45) is 2.73. The number of alkyl halides is 2. The molecule has 4 rings (SSSR count). The fourth-order valence-corrected chi connectivity index (χ4v) is 3.16. The van der Waals surface area contributed by atoms with Crippen LogP contribution in [-0.2, 0) is 13.6 Å². The van der Waals surface area contributed by atoms with E-state index in [0.717, 1.165) is 11.1 Å². The molecule has 0 aliphatic heterocycles. The normalized spacial score (nSPS) is 11.3. The van der Waals surface area contributed by atoms with Crippen molar-refractivity contribution in [3.05, 3.63) is 60.3 Å². The molecule has 0 saturated carbocycles. The number of hydrogen-bond donors (Lipinski definition) is 2. The van der Waals surface area contributed by atoms with E-state index in [2.05, 4.69) is 20.5 Å². The van der Waals surface area contributed by atoms with Gasteiger partial charge in [0.1, 0.15) is 6.33 Å². The maximum Gasteiger partial charge on any atom is 0.404 e. The molecule has 1 amide bonds. The smallest absolute Gasteiger partial charge is 0.404 e. The summed E-state index contributed by atoms with van der Waals surface area (Å²) < 4.78 is 30.4. The average Bonchev–Trinajstić information content (AvgIpc) is 3.31. The summed E-state index contributed by atoms with van der Waals surface area (Å²) >= 11 is 0. The minimum Gasteiger partial charge on any atom is -0.465 e. The summed E-state index contributed by atoms with van der Waals surface area (Å²) in [5.41, 5.74) is 3.37. The summed E-state index contributed by atoms with van der Waals surface area (Å²) in [5, 5.41) is 19.2.